The average Bonchev–Trinajstić information content (AvgIpc) is 2.39. The number of aryl methyl sites for hydroxylation is 1. The Balaban J connectivity index is 0.00000200. The largest absolute Gasteiger partial charge is 0.497 e. The lowest BCUT2D eigenvalue weighted by Gasteiger charge is -2.17. The molecule has 0 aliphatic carbocycles. The molecule has 5 nitrogen and oxygen atoms in total. The Morgan fingerprint density at radius 1 is 1.33 bits per heavy atom. The summed E-state index contributed by atoms with van der Waals surface area (Å²) in [5.74, 6) is 0.834. The molecule has 2 aromatic rings. The summed E-state index contributed by atoms with van der Waals surface area (Å²) in [6.45, 7) is 4.78. The monoisotopic (exact) mass is 313 g/mol. The number of hydrogen-bond donors (Lipinski definition) is 2. The number of hydrogen-bond acceptors (Lipinski definition) is 4. The second kappa shape index (κ2) is 8.67. The Hall–Kier alpha value is -1.56. The molecule has 21 heavy (non-hydrogen) atoms. The summed E-state index contributed by atoms with van der Waals surface area (Å²) in [5, 5.41) is 4.54. The van der Waals surface area contributed by atoms with Crippen LogP contribution in [0, 0.1) is 6.92 Å². The second-order valence-electron chi connectivity index (χ2n) is 4.82. The van der Waals surface area contributed by atoms with E-state index in [2.05, 4.69) is 23.3 Å². The Labute approximate surface area is 131 Å². The van der Waals surface area contributed by atoms with Gasteiger partial charge in [0.1, 0.15) is 5.75 Å². The van der Waals surface area contributed by atoms with Gasteiger partial charge in [-0.3, -0.25) is 4.98 Å². The van der Waals surface area contributed by atoms with Gasteiger partial charge in [0.25, 0.3) is 0 Å². The first-order valence-electron chi connectivity index (χ1n) is 6.56. The van der Waals surface area contributed by atoms with Gasteiger partial charge < -0.3 is 21.3 Å². The van der Waals surface area contributed by atoms with E-state index in [1.54, 1.807) is 7.11 Å². The first kappa shape index (κ1) is 19.4. The van der Waals surface area contributed by atoms with Crippen LogP contribution in [0.4, 0.5) is 5.69 Å². The number of nitrogens with one attached hydrogen (secondary N) is 1. The minimum atomic E-state index is 0. The van der Waals surface area contributed by atoms with Crippen molar-refractivity contribution in [3.05, 3.63) is 30.0 Å². The van der Waals surface area contributed by atoms with Crippen molar-refractivity contribution in [3.63, 3.8) is 0 Å². The quantitative estimate of drug-likeness (QED) is 0.886. The summed E-state index contributed by atoms with van der Waals surface area (Å²) < 4.78 is 5.34. The van der Waals surface area contributed by atoms with Gasteiger partial charge in [-0.15, -0.1) is 12.4 Å². The van der Waals surface area contributed by atoms with Crippen molar-refractivity contribution in [2.45, 2.75) is 26.3 Å². The normalized spacial score (nSPS) is 11.2. The molecule has 0 aliphatic rings. The first-order valence-corrected chi connectivity index (χ1v) is 6.56. The topological polar surface area (TPSA) is 91.7 Å². The minimum Gasteiger partial charge on any atom is -0.497 e. The van der Waals surface area contributed by atoms with Crippen molar-refractivity contribution < 1.29 is 10.2 Å². The molecule has 0 radical (unpaired) electrons. The Morgan fingerprint density at radius 2 is 2.05 bits per heavy atom. The van der Waals surface area contributed by atoms with Crippen molar-refractivity contribution in [2.24, 2.45) is 5.73 Å². The van der Waals surface area contributed by atoms with Crippen LogP contribution in [0.15, 0.2) is 24.3 Å². The molecule has 2 rings (SSSR count). The van der Waals surface area contributed by atoms with Gasteiger partial charge >= 0.3 is 0 Å². The number of fused-ring (bicyclic) bond motifs is 1. The molecule has 1 aromatic carbocycles. The lowest BCUT2D eigenvalue weighted by atomic mass is 10.1. The predicted molar refractivity (Wildman–Crippen MR) is 90.6 cm³/mol. The number of halogens is 1. The fourth-order valence-corrected chi connectivity index (χ4v) is 2.12. The summed E-state index contributed by atoms with van der Waals surface area (Å²) in [6, 6.07) is 8.37. The van der Waals surface area contributed by atoms with E-state index >= 15 is 0 Å². The summed E-state index contributed by atoms with van der Waals surface area (Å²) in [6.07, 6.45) is 0.921. The van der Waals surface area contributed by atoms with Crippen molar-refractivity contribution >= 4 is 29.0 Å². The lowest BCUT2D eigenvalue weighted by Crippen LogP contribution is -2.19. The molecule has 1 unspecified atom stereocenters. The number of benzene rings is 1. The molecule has 0 saturated carbocycles. The maximum absolute atomic E-state index is 5.60. The van der Waals surface area contributed by atoms with Gasteiger partial charge in [0, 0.05) is 23.2 Å². The highest BCUT2D eigenvalue weighted by Crippen LogP contribution is 2.28. The predicted octanol–water partition coefficient (Wildman–Crippen LogP) is 2.30. The van der Waals surface area contributed by atoms with Crippen LogP contribution in [0.5, 0.6) is 5.75 Å². The molecular formula is C15H24ClN3O2. The molecule has 0 fully saturated rings. The molecule has 118 valence electrons. The number of rotatable bonds is 5. The maximum Gasteiger partial charge on any atom is 0.121 e. The molecule has 0 aliphatic heterocycles. The number of nitrogens with zero attached hydrogens (tertiary/aromatic N) is 1. The van der Waals surface area contributed by atoms with Gasteiger partial charge in [0.05, 0.1) is 18.3 Å². The highest BCUT2D eigenvalue weighted by Gasteiger charge is 2.09. The molecule has 6 heteroatoms. The smallest absolute Gasteiger partial charge is 0.121 e. The van der Waals surface area contributed by atoms with Gasteiger partial charge in [0.15, 0.2) is 0 Å². The van der Waals surface area contributed by atoms with E-state index in [0.29, 0.717) is 12.6 Å². The van der Waals surface area contributed by atoms with Crippen molar-refractivity contribution in [3.8, 4) is 5.75 Å². The van der Waals surface area contributed by atoms with Gasteiger partial charge in [-0.1, -0.05) is 6.07 Å². The molecule has 0 saturated heterocycles. The Kier molecular flexibility index (Phi) is 8.02. The van der Waals surface area contributed by atoms with Gasteiger partial charge in [-0.2, -0.15) is 0 Å². The molecular weight excluding hydrogens is 290 g/mol. The van der Waals surface area contributed by atoms with E-state index in [1.807, 2.05) is 25.1 Å². The van der Waals surface area contributed by atoms with E-state index in [9.17, 15) is 0 Å². The number of ether oxygens (including phenoxy) is 1. The highest BCUT2D eigenvalue weighted by atomic mass is 35.5. The third-order valence-electron chi connectivity index (χ3n) is 3.14. The summed E-state index contributed by atoms with van der Waals surface area (Å²) in [4.78, 5) is 4.61. The fourth-order valence-electron chi connectivity index (χ4n) is 2.12. The van der Waals surface area contributed by atoms with Crippen molar-refractivity contribution in [1.82, 2.24) is 4.98 Å². The van der Waals surface area contributed by atoms with Crippen LogP contribution in [0.2, 0.25) is 0 Å². The summed E-state index contributed by atoms with van der Waals surface area (Å²) >= 11 is 0. The molecule has 1 aromatic heterocycles. The van der Waals surface area contributed by atoms with Crippen LogP contribution in [-0.2, 0) is 0 Å². The van der Waals surface area contributed by atoms with E-state index < -0.39 is 0 Å². The van der Waals surface area contributed by atoms with E-state index in [0.717, 1.165) is 34.5 Å². The molecule has 5 N–H and O–H groups in total. The Morgan fingerprint density at radius 3 is 2.67 bits per heavy atom. The van der Waals surface area contributed by atoms with Crippen LogP contribution >= 0.6 is 12.4 Å². The molecule has 0 bridgehead atoms. The number of pyridine rings is 1. The van der Waals surface area contributed by atoms with E-state index in [4.69, 9.17) is 10.5 Å². The Bertz CT molecular complexity index is 578. The average molecular weight is 314 g/mol. The maximum atomic E-state index is 5.60. The standard InChI is InChI=1S/C15H21N3O.ClH.H2O/c1-10-4-5-12-8-13(19-3)9-14(15(12)18-10)17-11(2)6-7-16;;/h4-5,8-9,11,17H,6-7,16H2,1-3H3;1H;1H2. The summed E-state index contributed by atoms with van der Waals surface area (Å²) in [7, 11) is 1.68. The fraction of sp³-hybridized carbons (Fsp3) is 0.400. The van der Waals surface area contributed by atoms with Gasteiger partial charge in [-0.05, 0) is 38.9 Å². The van der Waals surface area contributed by atoms with Crippen molar-refractivity contribution in [2.75, 3.05) is 19.0 Å². The molecule has 0 spiro atoms. The first-order chi connectivity index (χ1) is 9.13. The van der Waals surface area contributed by atoms with Crippen molar-refractivity contribution in [1.29, 1.82) is 0 Å². The lowest BCUT2D eigenvalue weighted by molar-refractivity contribution is 0.415. The zero-order valence-electron chi connectivity index (χ0n) is 12.6. The van der Waals surface area contributed by atoms with E-state index in [-0.39, 0.29) is 17.9 Å². The number of anilines is 1. The van der Waals surface area contributed by atoms with Crippen LogP contribution in [0.1, 0.15) is 19.0 Å². The van der Waals surface area contributed by atoms with Crippen LogP contribution in [0.3, 0.4) is 0 Å². The molecule has 1 atom stereocenters. The molecule has 0 amide bonds. The number of aromatic nitrogens is 1. The van der Waals surface area contributed by atoms with Crippen LogP contribution in [-0.4, -0.2) is 30.2 Å². The second-order valence-corrected chi connectivity index (χ2v) is 4.82. The SMILES string of the molecule is COc1cc(NC(C)CCN)c2nc(C)ccc2c1.Cl.O. The van der Waals surface area contributed by atoms with Gasteiger partial charge in [-0.25, -0.2) is 0 Å². The van der Waals surface area contributed by atoms with Crippen LogP contribution in [0.25, 0.3) is 10.9 Å². The van der Waals surface area contributed by atoms with E-state index in [1.165, 1.54) is 0 Å². The third-order valence-corrected chi connectivity index (χ3v) is 3.14. The zero-order chi connectivity index (χ0) is 13.8. The third kappa shape index (κ3) is 4.74. The highest BCUT2D eigenvalue weighted by molar-refractivity contribution is 5.92. The summed E-state index contributed by atoms with van der Waals surface area (Å²) in [5.41, 5.74) is 8.58. The van der Waals surface area contributed by atoms with Gasteiger partial charge in [0.2, 0.25) is 0 Å². The number of methoxy groups -OCH3 is 1. The van der Waals surface area contributed by atoms with Crippen LogP contribution < -0.4 is 15.8 Å². The number of nitrogens with two attached hydrogens (primary N) is 1. The zero-order valence-corrected chi connectivity index (χ0v) is 13.5. The minimum absolute atomic E-state index is 0. The molecule has 1 heterocycles.